The summed E-state index contributed by atoms with van der Waals surface area (Å²) in [5.41, 5.74) is 1.23. The first kappa shape index (κ1) is 17.3. The van der Waals surface area contributed by atoms with Gasteiger partial charge in [-0.25, -0.2) is 4.79 Å². The summed E-state index contributed by atoms with van der Waals surface area (Å²) >= 11 is 0. The van der Waals surface area contributed by atoms with E-state index in [0.717, 1.165) is 5.69 Å². The smallest absolute Gasteiger partial charge is 0.331 e. The number of hydrogen-bond acceptors (Lipinski definition) is 5. The number of rotatable bonds is 7. The topological polar surface area (TPSA) is 114 Å². The van der Waals surface area contributed by atoms with Crippen LogP contribution in [0.25, 0.3) is 0 Å². The van der Waals surface area contributed by atoms with Crippen molar-refractivity contribution in [3.05, 3.63) is 41.2 Å². The average Bonchev–Trinajstić information content (AvgIpc) is 3.08. The van der Waals surface area contributed by atoms with E-state index < -0.39 is 17.9 Å². The SMILES string of the molecule is CCc1cc(C(=O)NC(C(=O)O)c2ccc(OC)cc2OC)n[nH]1. The molecule has 2 rings (SSSR count). The Kier molecular flexibility index (Phi) is 5.41. The summed E-state index contributed by atoms with van der Waals surface area (Å²) in [6.07, 6.45) is 0.689. The Morgan fingerprint density at radius 3 is 2.58 bits per heavy atom. The van der Waals surface area contributed by atoms with E-state index in [2.05, 4.69) is 15.5 Å². The molecule has 0 aliphatic heterocycles. The third kappa shape index (κ3) is 3.65. The van der Waals surface area contributed by atoms with E-state index in [0.29, 0.717) is 23.5 Å². The fraction of sp³-hybridized carbons (Fsp3) is 0.312. The van der Waals surface area contributed by atoms with Crippen LogP contribution in [0.3, 0.4) is 0 Å². The maximum atomic E-state index is 12.3. The van der Waals surface area contributed by atoms with Gasteiger partial charge >= 0.3 is 5.97 Å². The molecule has 0 radical (unpaired) electrons. The second-order valence-electron chi connectivity index (χ2n) is 4.98. The lowest BCUT2D eigenvalue weighted by atomic mass is 10.0. The molecule has 1 aromatic carbocycles. The minimum atomic E-state index is -1.28. The Hall–Kier alpha value is -3.03. The summed E-state index contributed by atoms with van der Waals surface area (Å²) in [5, 5.41) is 18.5. The maximum Gasteiger partial charge on any atom is 0.331 e. The van der Waals surface area contributed by atoms with Crippen LogP contribution in [-0.2, 0) is 11.2 Å². The molecule has 0 spiro atoms. The lowest BCUT2D eigenvalue weighted by Gasteiger charge is -2.17. The second kappa shape index (κ2) is 7.49. The number of carbonyl (C=O) groups excluding carboxylic acids is 1. The first-order valence-electron chi connectivity index (χ1n) is 7.30. The van der Waals surface area contributed by atoms with Gasteiger partial charge in [-0.15, -0.1) is 0 Å². The van der Waals surface area contributed by atoms with Crippen LogP contribution in [0.15, 0.2) is 24.3 Å². The van der Waals surface area contributed by atoms with E-state index in [1.54, 1.807) is 24.3 Å². The Labute approximate surface area is 138 Å². The zero-order valence-corrected chi connectivity index (χ0v) is 13.6. The average molecular weight is 333 g/mol. The number of nitrogens with zero attached hydrogens (tertiary/aromatic N) is 1. The first-order valence-corrected chi connectivity index (χ1v) is 7.30. The Balaban J connectivity index is 2.29. The lowest BCUT2D eigenvalue weighted by molar-refractivity contribution is -0.139. The van der Waals surface area contributed by atoms with Gasteiger partial charge in [0.05, 0.1) is 14.2 Å². The van der Waals surface area contributed by atoms with Crippen LogP contribution in [0.1, 0.15) is 34.7 Å². The molecule has 1 atom stereocenters. The predicted molar refractivity (Wildman–Crippen MR) is 85.4 cm³/mol. The molecule has 0 bridgehead atoms. The fourth-order valence-electron chi connectivity index (χ4n) is 2.19. The Morgan fingerprint density at radius 1 is 1.29 bits per heavy atom. The maximum absolute atomic E-state index is 12.3. The van der Waals surface area contributed by atoms with E-state index >= 15 is 0 Å². The number of aromatic amines is 1. The monoisotopic (exact) mass is 333 g/mol. The summed E-state index contributed by atoms with van der Waals surface area (Å²) in [7, 11) is 2.91. The van der Waals surface area contributed by atoms with Crippen molar-refractivity contribution in [3.8, 4) is 11.5 Å². The number of carbonyl (C=O) groups is 2. The minimum absolute atomic E-state index is 0.130. The molecule has 0 aliphatic carbocycles. The largest absolute Gasteiger partial charge is 0.497 e. The van der Waals surface area contributed by atoms with Gasteiger partial charge in [0.25, 0.3) is 5.91 Å². The van der Waals surface area contributed by atoms with E-state index in [1.165, 1.54) is 14.2 Å². The molecule has 1 unspecified atom stereocenters. The van der Waals surface area contributed by atoms with Gasteiger partial charge in [-0.2, -0.15) is 5.10 Å². The van der Waals surface area contributed by atoms with Gasteiger partial charge in [0.15, 0.2) is 6.04 Å². The molecule has 8 nitrogen and oxygen atoms in total. The molecule has 1 amide bonds. The third-order valence-electron chi connectivity index (χ3n) is 3.52. The normalized spacial score (nSPS) is 11.6. The highest BCUT2D eigenvalue weighted by Gasteiger charge is 2.27. The standard InChI is InChI=1S/C16H19N3O5/c1-4-9-7-12(19-18-9)15(20)17-14(16(21)22)11-6-5-10(23-2)8-13(11)24-3/h5-8,14H,4H2,1-3H3,(H,17,20)(H,18,19)(H,21,22). The van der Waals surface area contributed by atoms with Crippen molar-refractivity contribution in [2.24, 2.45) is 0 Å². The van der Waals surface area contributed by atoms with Crippen molar-refractivity contribution in [1.29, 1.82) is 0 Å². The number of aliphatic carboxylic acids is 1. The zero-order chi connectivity index (χ0) is 17.7. The van der Waals surface area contributed by atoms with Gasteiger partial charge in [0.2, 0.25) is 0 Å². The molecule has 0 saturated carbocycles. The molecular formula is C16H19N3O5. The molecule has 1 aromatic heterocycles. The summed E-state index contributed by atoms with van der Waals surface area (Å²) in [6, 6.07) is 5.00. The molecule has 128 valence electrons. The van der Waals surface area contributed by atoms with Crippen molar-refractivity contribution in [3.63, 3.8) is 0 Å². The van der Waals surface area contributed by atoms with Crippen LogP contribution in [0.4, 0.5) is 0 Å². The molecular weight excluding hydrogens is 314 g/mol. The summed E-state index contributed by atoms with van der Waals surface area (Å²) in [6.45, 7) is 1.91. The molecule has 8 heteroatoms. The number of carboxylic acid groups (broad SMARTS) is 1. The van der Waals surface area contributed by atoms with Crippen LogP contribution >= 0.6 is 0 Å². The number of methoxy groups -OCH3 is 2. The van der Waals surface area contributed by atoms with Crippen molar-refractivity contribution < 1.29 is 24.2 Å². The highest BCUT2D eigenvalue weighted by molar-refractivity contribution is 5.95. The quantitative estimate of drug-likeness (QED) is 0.708. The summed E-state index contributed by atoms with van der Waals surface area (Å²) < 4.78 is 10.3. The minimum Gasteiger partial charge on any atom is -0.497 e. The van der Waals surface area contributed by atoms with Crippen LogP contribution in [0.5, 0.6) is 11.5 Å². The Bertz CT molecular complexity index is 741. The number of H-pyrrole nitrogens is 1. The van der Waals surface area contributed by atoms with E-state index in [1.807, 2.05) is 6.92 Å². The highest BCUT2D eigenvalue weighted by atomic mass is 16.5. The Morgan fingerprint density at radius 2 is 2.04 bits per heavy atom. The van der Waals surface area contributed by atoms with Gasteiger partial charge in [0.1, 0.15) is 17.2 Å². The molecule has 24 heavy (non-hydrogen) atoms. The summed E-state index contributed by atoms with van der Waals surface area (Å²) in [4.78, 5) is 23.9. The number of benzene rings is 1. The number of carboxylic acids is 1. The fourth-order valence-corrected chi connectivity index (χ4v) is 2.19. The summed E-state index contributed by atoms with van der Waals surface area (Å²) in [5.74, 6) is -0.974. The number of hydrogen-bond donors (Lipinski definition) is 3. The van der Waals surface area contributed by atoms with E-state index in [-0.39, 0.29) is 5.69 Å². The third-order valence-corrected chi connectivity index (χ3v) is 3.52. The van der Waals surface area contributed by atoms with E-state index in [4.69, 9.17) is 9.47 Å². The van der Waals surface area contributed by atoms with Crippen molar-refractivity contribution in [2.45, 2.75) is 19.4 Å². The van der Waals surface area contributed by atoms with Gasteiger partial charge in [0, 0.05) is 17.3 Å². The van der Waals surface area contributed by atoms with Gasteiger partial charge in [-0.05, 0) is 24.6 Å². The molecule has 0 aliphatic rings. The number of amides is 1. The van der Waals surface area contributed by atoms with Crippen LogP contribution in [0, 0.1) is 0 Å². The number of aryl methyl sites for hydroxylation is 1. The number of nitrogens with one attached hydrogen (secondary N) is 2. The molecule has 1 heterocycles. The number of aromatic nitrogens is 2. The van der Waals surface area contributed by atoms with Crippen molar-refractivity contribution in [1.82, 2.24) is 15.5 Å². The van der Waals surface area contributed by atoms with Gasteiger partial charge in [-0.1, -0.05) is 6.92 Å². The highest BCUT2D eigenvalue weighted by Crippen LogP contribution is 2.29. The van der Waals surface area contributed by atoms with Crippen LogP contribution in [-0.4, -0.2) is 41.4 Å². The van der Waals surface area contributed by atoms with Crippen molar-refractivity contribution >= 4 is 11.9 Å². The van der Waals surface area contributed by atoms with Gasteiger partial charge in [-0.3, -0.25) is 9.89 Å². The second-order valence-corrected chi connectivity index (χ2v) is 4.98. The number of ether oxygens (including phenoxy) is 2. The molecule has 2 aromatic rings. The zero-order valence-electron chi connectivity index (χ0n) is 13.6. The van der Waals surface area contributed by atoms with E-state index in [9.17, 15) is 14.7 Å². The van der Waals surface area contributed by atoms with Gasteiger partial charge < -0.3 is 19.9 Å². The lowest BCUT2D eigenvalue weighted by Crippen LogP contribution is -2.34. The molecule has 0 saturated heterocycles. The first-order chi connectivity index (χ1) is 11.5. The predicted octanol–water partition coefficient (Wildman–Crippen LogP) is 1.54. The molecule has 3 N–H and O–H groups in total. The molecule has 0 fully saturated rings. The van der Waals surface area contributed by atoms with Crippen molar-refractivity contribution in [2.75, 3.05) is 14.2 Å². The van der Waals surface area contributed by atoms with Crippen LogP contribution < -0.4 is 14.8 Å². The van der Waals surface area contributed by atoms with Crippen LogP contribution in [0.2, 0.25) is 0 Å².